The van der Waals surface area contributed by atoms with Gasteiger partial charge < -0.3 is 5.11 Å². The summed E-state index contributed by atoms with van der Waals surface area (Å²) < 4.78 is 0. The van der Waals surface area contributed by atoms with Crippen LogP contribution in [0.2, 0.25) is 0 Å². The van der Waals surface area contributed by atoms with Gasteiger partial charge in [-0.1, -0.05) is 18.2 Å². The second-order valence-electron chi connectivity index (χ2n) is 4.43. The number of rotatable bonds is 2. The molecule has 0 fully saturated rings. The number of aromatic nitrogens is 1. The third-order valence-electron chi connectivity index (χ3n) is 3.20. The van der Waals surface area contributed by atoms with E-state index in [9.17, 15) is 5.11 Å². The first-order valence-corrected chi connectivity index (χ1v) is 5.76. The summed E-state index contributed by atoms with van der Waals surface area (Å²) >= 11 is 0. The maximum atomic E-state index is 9.25. The van der Waals surface area contributed by atoms with Crippen LogP contribution in [0.25, 0.3) is 11.1 Å². The number of aliphatic hydroxyl groups excluding tert-OH is 1. The highest BCUT2D eigenvalue weighted by atomic mass is 16.3. The topological polar surface area (TPSA) is 33.1 Å². The Morgan fingerprint density at radius 1 is 1.00 bits per heavy atom. The fourth-order valence-corrected chi connectivity index (χ4v) is 1.82. The van der Waals surface area contributed by atoms with E-state index in [0.717, 1.165) is 22.4 Å². The standard InChI is InChI=1S/C15H17NO/c1-10-4-5-13(6-11(10)2)14-7-15(9-17)12(3)16-8-14/h4-8,17H,9H2,1-3H3. The van der Waals surface area contributed by atoms with Crippen LogP contribution in [0.1, 0.15) is 22.4 Å². The van der Waals surface area contributed by atoms with Gasteiger partial charge in [0.25, 0.3) is 0 Å². The summed E-state index contributed by atoms with van der Waals surface area (Å²) in [6.45, 7) is 6.16. The van der Waals surface area contributed by atoms with Gasteiger partial charge in [0, 0.05) is 17.5 Å². The molecule has 0 aliphatic heterocycles. The van der Waals surface area contributed by atoms with Crippen LogP contribution in [0.4, 0.5) is 0 Å². The van der Waals surface area contributed by atoms with Crippen LogP contribution in [0.5, 0.6) is 0 Å². The smallest absolute Gasteiger partial charge is 0.0699 e. The zero-order valence-corrected chi connectivity index (χ0v) is 10.5. The average molecular weight is 227 g/mol. The molecule has 17 heavy (non-hydrogen) atoms. The normalized spacial score (nSPS) is 10.6. The van der Waals surface area contributed by atoms with Crippen LogP contribution in [-0.2, 0) is 6.61 Å². The van der Waals surface area contributed by atoms with Crippen molar-refractivity contribution in [1.29, 1.82) is 0 Å². The molecule has 0 bridgehead atoms. The lowest BCUT2D eigenvalue weighted by Crippen LogP contribution is -1.93. The van der Waals surface area contributed by atoms with Gasteiger partial charge in [0.15, 0.2) is 0 Å². The lowest BCUT2D eigenvalue weighted by Gasteiger charge is -2.08. The van der Waals surface area contributed by atoms with Gasteiger partial charge in [-0.15, -0.1) is 0 Å². The van der Waals surface area contributed by atoms with Gasteiger partial charge in [-0.25, -0.2) is 0 Å². The Morgan fingerprint density at radius 3 is 2.41 bits per heavy atom. The van der Waals surface area contributed by atoms with Crippen LogP contribution in [-0.4, -0.2) is 10.1 Å². The van der Waals surface area contributed by atoms with Crippen molar-refractivity contribution < 1.29 is 5.11 Å². The molecule has 0 atom stereocenters. The van der Waals surface area contributed by atoms with E-state index in [-0.39, 0.29) is 6.61 Å². The van der Waals surface area contributed by atoms with Crippen molar-refractivity contribution in [3.05, 3.63) is 52.8 Å². The number of hydrogen-bond donors (Lipinski definition) is 1. The van der Waals surface area contributed by atoms with E-state index in [1.807, 2.05) is 19.2 Å². The summed E-state index contributed by atoms with van der Waals surface area (Å²) in [5, 5.41) is 9.25. The van der Waals surface area contributed by atoms with E-state index in [1.165, 1.54) is 11.1 Å². The summed E-state index contributed by atoms with van der Waals surface area (Å²) in [7, 11) is 0. The number of aliphatic hydroxyl groups is 1. The van der Waals surface area contributed by atoms with Crippen molar-refractivity contribution in [3.8, 4) is 11.1 Å². The summed E-state index contributed by atoms with van der Waals surface area (Å²) in [4.78, 5) is 4.32. The third-order valence-corrected chi connectivity index (χ3v) is 3.20. The van der Waals surface area contributed by atoms with Gasteiger partial charge in [-0.05, 0) is 49.1 Å². The van der Waals surface area contributed by atoms with Crippen molar-refractivity contribution in [1.82, 2.24) is 4.98 Å². The maximum Gasteiger partial charge on any atom is 0.0699 e. The molecule has 2 aromatic rings. The van der Waals surface area contributed by atoms with Crippen LogP contribution in [0, 0.1) is 20.8 Å². The van der Waals surface area contributed by atoms with Crippen molar-refractivity contribution in [3.63, 3.8) is 0 Å². The molecule has 2 nitrogen and oxygen atoms in total. The summed E-state index contributed by atoms with van der Waals surface area (Å²) in [6.07, 6.45) is 1.86. The molecule has 0 amide bonds. The number of hydrogen-bond acceptors (Lipinski definition) is 2. The molecule has 2 rings (SSSR count). The average Bonchev–Trinajstić information content (AvgIpc) is 2.33. The first-order valence-electron chi connectivity index (χ1n) is 5.76. The fourth-order valence-electron chi connectivity index (χ4n) is 1.82. The summed E-state index contributed by atoms with van der Waals surface area (Å²) in [5.41, 5.74) is 6.55. The number of nitrogens with zero attached hydrogens (tertiary/aromatic N) is 1. The van der Waals surface area contributed by atoms with E-state index >= 15 is 0 Å². The van der Waals surface area contributed by atoms with Crippen molar-refractivity contribution in [2.45, 2.75) is 27.4 Å². The van der Waals surface area contributed by atoms with E-state index in [0.29, 0.717) is 0 Å². The predicted octanol–water partition coefficient (Wildman–Crippen LogP) is 3.17. The summed E-state index contributed by atoms with van der Waals surface area (Å²) in [6, 6.07) is 8.37. The molecule has 1 aromatic heterocycles. The van der Waals surface area contributed by atoms with Gasteiger partial charge in [-0.3, -0.25) is 4.98 Å². The summed E-state index contributed by atoms with van der Waals surface area (Å²) in [5.74, 6) is 0. The molecule has 0 saturated carbocycles. The fraction of sp³-hybridized carbons (Fsp3) is 0.267. The maximum absolute atomic E-state index is 9.25. The first-order chi connectivity index (χ1) is 8.11. The van der Waals surface area contributed by atoms with Crippen molar-refractivity contribution in [2.24, 2.45) is 0 Å². The van der Waals surface area contributed by atoms with E-state index in [1.54, 1.807) is 0 Å². The molecular formula is C15H17NO. The molecule has 0 radical (unpaired) electrons. The molecule has 0 saturated heterocycles. The minimum absolute atomic E-state index is 0.0392. The molecule has 88 valence electrons. The Balaban J connectivity index is 2.49. The molecule has 0 aliphatic carbocycles. The Morgan fingerprint density at radius 2 is 1.76 bits per heavy atom. The largest absolute Gasteiger partial charge is 0.392 e. The Hall–Kier alpha value is -1.67. The number of aryl methyl sites for hydroxylation is 3. The highest BCUT2D eigenvalue weighted by Crippen LogP contribution is 2.23. The van der Waals surface area contributed by atoms with Crippen LogP contribution >= 0.6 is 0 Å². The lowest BCUT2D eigenvalue weighted by molar-refractivity contribution is 0.280. The molecule has 0 aliphatic rings. The molecule has 1 N–H and O–H groups in total. The predicted molar refractivity (Wildman–Crippen MR) is 69.8 cm³/mol. The molecule has 0 spiro atoms. The van der Waals surface area contributed by atoms with Gasteiger partial charge in [-0.2, -0.15) is 0 Å². The Labute approximate surface area is 102 Å². The molecule has 0 unspecified atom stereocenters. The Kier molecular flexibility index (Phi) is 3.25. The van der Waals surface area contributed by atoms with Crippen LogP contribution in [0.15, 0.2) is 30.5 Å². The monoisotopic (exact) mass is 227 g/mol. The minimum atomic E-state index is 0.0392. The SMILES string of the molecule is Cc1ccc(-c2cnc(C)c(CO)c2)cc1C. The number of pyridine rings is 1. The second kappa shape index (κ2) is 4.68. The molecule has 1 heterocycles. The Bertz CT molecular complexity index is 547. The zero-order chi connectivity index (χ0) is 12.4. The van der Waals surface area contributed by atoms with Crippen LogP contribution < -0.4 is 0 Å². The molecule has 2 heteroatoms. The lowest BCUT2D eigenvalue weighted by atomic mass is 10.0. The number of benzene rings is 1. The zero-order valence-electron chi connectivity index (χ0n) is 10.5. The van der Waals surface area contributed by atoms with E-state index < -0.39 is 0 Å². The third kappa shape index (κ3) is 2.37. The van der Waals surface area contributed by atoms with Gasteiger partial charge >= 0.3 is 0 Å². The second-order valence-corrected chi connectivity index (χ2v) is 4.43. The quantitative estimate of drug-likeness (QED) is 0.854. The highest BCUT2D eigenvalue weighted by Gasteiger charge is 2.04. The van der Waals surface area contributed by atoms with E-state index in [4.69, 9.17) is 0 Å². The van der Waals surface area contributed by atoms with Crippen molar-refractivity contribution in [2.75, 3.05) is 0 Å². The highest BCUT2D eigenvalue weighted by molar-refractivity contribution is 5.64. The first kappa shape index (κ1) is 11.8. The molecular weight excluding hydrogens is 210 g/mol. The van der Waals surface area contributed by atoms with E-state index in [2.05, 4.69) is 37.0 Å². The minimum Gasteiger partial charge on any atom is -0.392 e. The van der Waals surface area contributed by atoms with Crippen LogP contribution in [0.3, 0.4) is 0 Å². The molecule has 1 aromatic carbocycles. The van der Waals surface area contributed by atoms with Gasteiger partial charge in [0.1, 0.15) is 0 Å². The van der Waals surface area contributed by atoms with Crippen molar-refractivity contribution >= 4 is 0 Å². The van der Waals surface area contributed by atoms with Gasteiger partial charge in [0.05, 0.1) is 6.61 Å². The van der Waals surface area contributed by atoms with Gasteiger partial charge in [0.2, 0.25) is 0 Å².